The molecule has 0 amide bonds. The number of nitrogens with two attached hydrogens (primary N) is 1. The zero-order chi connectivity index (χ0) is 13.1. The van der Waals surface area contributed by atoms with Crippen LogP contribution in [0.4, 0.5) is 11.4 Å². The third-order valence-corrected chi connectivity index (χ3v) is 3.36. The van der Waals surface area contributed by atoms with Crippen LogP contribution in [0.1, 0.15) is 0 Å². The molecule has 0 radical (unpaired) electrons. The zero-order valence-corrected chi connectivity index (χ0v) is 12.5. The van der Waals surface area contributed by atoms with Crippen LogP contribution in [0.5, 0.6) is 11.5 Å². The van der Waals surface area contributed by atoms with Gasteiger partial charge in [-0.2, -0.15) is 0 Å². The number of benzene rings is 2. The van der Waals surface area contributed by atoms with Crippen LogP contribution in [0.3, 0.4) is 0 Å². The lowest BCUT2D eigenvalue weighted by molar-refractivity contribution is 0.479. The van der Waals surface area contributed by atoms with Crippen LogP contribution in [0, 0.1) is 3.57 Å². The lowest BCUT2D eigenvalue weighted by Gasteiger charge is -2.14. The number of nitrogens with zero attached hydrogens (tertiary/aromatic N) is 1. The van der Waals surface area contributed by atoms with Gasteiger partial charge in [0.2, 0.25) is 0 Å². The third kappa shape index (κ3) is 3.07. The summed E-state index contributed by atoms with van der Waals surface area (Å²) in [7, 11) is 4.01. The molecule has 2 aromatic rings. The van der Waals surface area contributed by atoms with E-state index in [0.29, 0.717) is 0 Å². The normalized spacial score (nSPS) is 10.2. The van der Waals surface area contributed by atoms with Crippen LogP contribution in [0.15, 0.2) is 42.5 Å². The quantitative estimate of drug-likeness (QED) is 0.674. The Kier molecular flexibility index (Phi) is 3.96. The van der Waals surface area contributed by atoms with E-state index in [-0.39, 0.29) is 0 Å². The molecule has 0 saturated heterocycles. The fourth-order valence-electron chi connectivity index (χ4n) is 1.55. The van der Waals surface area contributed by atoms with E-state index in [2.05, 4.69) is 22.6 Å². The van der Waals surface area contributed by atoms with Crippen LogP contribution < -0.4 is 15.4 Å². The molecule has 0 aromatic heterocycles. The molecule has 0 aliphatic carbocycles. The molecule has 18 heavy (non-hydrogen) atoms. The van der Waals surface area contributed by atoms with Gasteiger partial charge >= 0.3 is 0 Å². The first-order chi connectivity index (χ1) is 8.56. The molecule has 2 N–H and O–H groups in total. The van der Waals surface area contributed by atoms with Crippen LogP contribution >= 0.6 is 22.6 Å². The summed E-state index contributed by atoms with van der Waals surface area (Å²) in [5.74, 6) is 1.64. The van der Waals surface area contributed by atoms with Gasteiger partial charge in [0.1, 0.15) is 11.5 Å². The molecular formula is C14H15IN2O. The first-order valence-electron chi connectivity index (χ1n) is 5.56. The Bertz CT molecular complexity index is 555. The number of anilines is 2. The summed E-state index contributed by atoms with van der Waals surface area (Å²) in [6, 6.07) is 13.6. The second-order valence-corrected chi connectivity index (χ2v) is 5.35. The van der Waals surface area contributed by atoms with E-state index in [1.165, 1.54) is 0 Å². The minimum absolute atomic E-state index is 0.744. The van der Waals surface area contributed by atoms with Crippen LogP contribution in [0.2, 0.25) is 0 Å². The molecule has 2 aromatic carbocycles. The number of nitrogen functional groups attached to an aromatic ring is 1. The van der Waals surface area contributed by atoms with Crippen molar-refractivity contribution in [1.82, 2.24) is 0 Å². The summed E-state index contributed by atoms with van der Waals surface area (Å²) < 4.78 is 6.87. The van der Waals surface area contributed by atoms with E-state index in [9.17, 15) is 0 Å². The van der Waals surface area contributed by atoms with Gasteiger partial charge in [0.25, 0.3) is 0 Å². The molecule has 0 spiro atoms. The fourth-order valence-corrected chi connectivity index (χ4v) is 2.20. The second kappa shape index (κ2) is 5.48. The van der Waals surface area contributed by atoms with Gasteiger partial charge in [-0.25, -0.2) is 0 Å². The number of hydrogen-bond acceptors (Lipinski definition) is 3. The van der Waals surface area contributed by atoms with Gasteiger partial charge in [-0.15, -0.1) is 0 Å². The van der Waals surface area contributed by atoms with Gasteiger partial charge in [0.15, 0.2) is 0 Å². The van der Waals surface area contributed by atoms with Crippen molar-refractivity contribution in [3.63, 3.8) is 0 Å². The van der Waals surface area contributed by atoms with E-state index in [1.54, 1.807) is 0 Å². The van der Waals surface area contributed by atoms with E-state index < -0.39 is 0 Å². The average molecular weight is 354 g/mol. The Morgan fingerprint density at radius 1 is 1.11 bits per heavy atom. The van der Waals surface area contributed by atoms with Gasteiger partial charge in [-0.1, -0.05) is 6.07 Å². The number of halogens is 1. The predicted octanol–water partition coefficient (Wildman–Crippen LogP) is 3.73. The number of rotatable bonds is 3. The monoisotopic (exact) mass is 354 g/mol. The molecule has 3 nitrogen and oxygen atoms in total. The molecule has 0 bridgehead atoms. The summed E-state index contributed by atoms with van der Waals surface area (Å²) in [5.41, 5.74) is 7.57. The van der Waals surface area contributed by atoms with Gasteiger partial charge in [-0.05, 0) is 52.9 Å². The summed E-state index contributed by atoms with van der Waals surface area (Å²) in [6.45, 7) is 0. The van der Waals surface area contributed by atoms with Crippen molar-refractivity contribution in [3.05, 3.63) is 46.0 Å². The van der Waals surface area contributed by atoms with Crippen molar-refractivity contribution in [2.45, 2.75) is 0 Å². The maximum Gasteiger partial charge on any atom is 0.140 e. The Balaban J connectivity index is 2.25. The van der Waals surface area contributed by atoms with Crippen molar-refractivity contribution in [2.75, 3.05) is 24.7 Å². The lowest BCUT2D eigenvalue weighted by Crippen LogP contribution is -2.08. The number of hydrogen-bond donors (Lipinski definition) is 1. The Morgan fingerprint density at radius 2 is 1.89 bits per heavy atom. The molecule has 0 aliphatic rings. The Hall–Kier alpha value is -1.43. The highest BCUT2D eigenvalue weighted by Crippen LogP contribution is 2.29. The van der Waals surface area contributed by atoms with Crippen molar-refractivity contribution in [1.29, 1.82) is 0 Å². The summed E-state index contributed by atoms with van der Waals surface area (Å²) in [5, 5.41) is 0. The summed E-state index contributed by atoms with van der Waals surface area (Å²) in [6.07, 6.45) is 0. The first-order valence-corrected chi connectivity index (χ1v) is 6.64. The maximum atomic E-state index is 5.87. The SMILES string of the molecule is CN(C)c1cccc(Oc2ccc(N)cc2I)c1. The second-order valence-electron chi connectivity index (χ2n) is 4.18. The minimum atomic E-state index is 0.744. The molecule has 0 unspecified atom stereocenters. The maximum absolute atomic E-state index is 5.87. The van der Waals surface area contributed by atoms with Gasteiger partial charge < -0.3 is 15.4 Å². The van der Waals surface area contributed by atoms with Gasteiger partial charge in [0, 0.05) is 31.5 Å². The molecule has 0 atom stereocenters. The van der Waals surface area contributed by atoms with Crippen molar-refractivity contribution in [3.8, 4) is 11.5 Å². The fraction of sp³-hybridized carbons (Fsp3) is 0.143. The highest BCUT2D eigenvalue weighted by atomic mass is 127. The predicted molar refractivity (Wildman–Crippen MR) is 84.4 cm³/mol. The van der Waals surface area contributed by atoms with Gasteiger partial charge in [-0.3, -0.25) is 0 Å². The highest BCUT2D eigenvalue weighted by Gasteiger charge is 2.04. The third-order valence-electron chi connectivity index (χ3n) is 2.52. The summed E-state index contributed by atoms with van der Waals surface area (Å²) >= 11 is 2.22. The largest absolute Gasteiger partial charge is 0.456 e. The van der Waals surface area contributed by atoms with E-state index in [1.807, 2.05) is 61.5 Å². The molecule has 2 rings (SSSR count). The van der Waals surface area contributed by atoms with Crippen molar-refractivity contribution in [2.24, 2.45) is 0 Å². The van der Waals surface area contributed by atoms with Crippen molar-refractivity contribution >= 4 is 34.0 Å². The topological polar surface area (TPSA) is 38.5 Å². The van der Waals surface area contributed by atoms with Crippen LogP contribution in [-0.4, -0.2) is 14.1 Å². The molecule has 0 aliphatic heterocycles. The minimum Gasteiger partial charge on any atom is -0.456 e. The van der Waals surface area contributed by atoms with Crippen LogP contribution in [-0.2, 0) is 0 Å². The molecule has 4 heteroatoms. The van der Waals surface area contributed by atoms with E-state index in [0.717, 1.165) is 26.4 Å². The molecule has 0 saturated carbocycles. The van der Waals surface area contributed by atoms with E-state index >= 15 is 0 Å². The molecular weight excluding hydrogens is 339 g/mol. The molecule has 0 fully saturated rings. The van der Waals surface area contributed by atoms with Crippen molar-refractivity contribution < 1.29 is 4.74 Å². The first kappa shape index (κ1) is 13.0. The smallest absolute Gasteiger partial charge is 0.140 e. The van der Waals surface area contributed by atoms with Gasteiger partial charge in [0.05, 0.1) is 3.57 Å². The van der Waals surface area contributed by atoms with Crippen LogP contribution in [0.25, 0.3) is 0 Å². The van der Waals surface area contributed by atoms with E-state index in [4.69, 9.17) is 10.5 Å². The lowest BCUT2D eigenvalue weighted by atomic mass is 10.3. The summed E-state index contributed by atoms with van der Waals surface area (Å²) in [4.78, 5) is 2.04. The average Bonchev–Trinajstić information content (AvgIpc) is 2.33. The number of ether oxygens (including phenoxy) is 1. The highest BCUT2D eigenvalue weighted by molar-refractivity contribution is 14.1. The molecule has 94 valence electrons. The Morgan fingerprint density at radius 3 is 2.56 bits per heavy atom. The Labute approximate surface area is 121 Å². The zero-order valence-electron chi connectivity index (χ0n) is 10.4. The molecule has 0 heterocycles. The standard InChI is InChI=1S/C14H15IN2O/c1-17(2)11-4-3-5-12(9-11)18-14-7-6-10(16)8-13(14)15/h3-9H,16H2,1-2H3.